The number of terminal acetylenes is 1. The molecule has 0 fully saturated rings. The Kier molecular flexibility index (Phi) is 6.48. The van der Waals surface area contributed by atoms with E-state index in [4.69, 9.17) is 6.42 Å². The van der Waals surface area contributed by atoms with Crippen LogP contribution in [-0.4, -0.2) is 24.4 Å². The number of benzene rings is 1. The van der Waals surface area contributed by atoms with Crippen LogP contribution in [0.15, 0.2) is 24.3 Å². The predicted octanol–water partition coefficient (Wildman–Crippen LogP) is 1.89. The zero-order chi connectivity index (χ0) is 15.8. The molecule has 1 atom stereocenters. The number of carbonyl (C=O) groups excluding carboxylic acids is 2. The molecule has 21 heavy (non-hydrogen) atoms. The lowest BCUT2D eigenvalue weighted by molar-refractivity contribution is -0.123. The molecule has 1 aromatic carbocycles. The van der Waals surface area contributed by atoms with E-state index in [1.807, 2.05) is 32.9 Å². The molecular formula is C17H22N2O2. The molecule has 0 aliphatic rings. The number of rotatable bonds is 6. The van der Waals surface area contributed by atoms with Gasteiger partial charge in [-0.3, -0.25) is 9.59 Å². The molecule has 4 nitrogen and oxygen atoms in total. The zero-order valence-corrected chi connectivity index (χ0v) is 12.8. The second kappa shape index (κ2) is 8.11. The number of carbonyl (C=O) groups is 2. The largest absolute Gasteiger partial charge is 0.343 e. The first kappa shape index (κ1) is 16.8. The summed E-state index contributed by atoms with van der Waals surface area (Å²) in [6.45, 7) is 6.03. The molecule has 1 aromatic rings. The van der Waals surface area contributed by atoms with E-state index >= 15 is 0 Å². The van der Waals surface area contributed by atoms with Gasteiger partial charge in [-0.2, -0.15) is 0 Å². The van der Waals surface area contributed by atoms with E-state index in [0.29, 0.717) is 12.0 Å². The van der Waals surface area contributed by atoms with E-state index in [1.54, 1.807) is 12.1 Å². The molecular weight excluding hydrogens is 264 g/mol. The molecule has 0 aliphatic heterocycles. The Bertz CT molecular complexity index is 544. The van der Waals surface area contributed by atoms with Gasteiger partial charge in [0.1, 0.15) is 6.04 Å². The van der Waals surface area contributed by atoms with Gasteiger partial charge in [0.2, 0.25) is 5.91 Å². The maximum absolute atomic E-state index is 12.3. The predicted molar refractivity (Wildman–Crippen MR) is 83.7 cm³/mol. The van der Waals surface area contributed by atoms with Crippen LogP contribution in [0.25, 0.3) is 0 Å². The van der Waals surface area contributed by atoms with Gasteiger partial charge in [-0.25, -0.2) is 0 Å². The van der Waals surface area contributed by atoms with Crippen molar-refractivity contribution in [2.45, 2.75) is 33.2 Å². The summed E-state index contributed by atoms with van der Waals surface area (Å²) in [5, 5.41) is 5.41. The Balaban J connectivity index is 2.81. The summed E-state index contributed by atoms with van der Waals surface area (Å²) in [4.78, 5) is 24.4. The van der Waals surface area contributed by atoms with E-state index in [-0.39, 0.29) is 24.3 Å². The molecule has 4 heteroatoms. The van der Waals surface area contributed by atoms with Crippen molar-refractivity contribution in [3.63, 3.8) is 0 Å². The lowest BCUT2D eigenvalue weighted by Gasteiger charge is -2.20. The van der Waals surface area contributed by atoms with Crippen molar-refractivity contribution < 1.29 is 9.59 Å². The van der Waals surface area contributed by atoms with Crippen LogP contribution in [0.1, 0.15) is 36.2 Å². The van der Waals surface area contributed by atoms with Gasteiger partial charge in [0.05, 0.1) is 6.54 Å². The molecule has 1 rings (SSSR count). The summed E-state index contributed by atoms with van der Waals surface area (Å²) < 4.78 is 0. The average molecular weight is 286 g/mol. The third-order valence-corrected chi connectivity index (χ3v) is 3.08. The Hall–Kier alpha value is -2.28. The highest BCUT2D eigenvalue weighted by Gasteiger charge is 2.22. The number of nitrogens with one attached hydrogen (secondary N) is 2. The molecule has 2 N–H and O–H groups in total. The highest BCUT2D eigenvalue weighted by Crippen LogP contribution is 2.10. The third-order valence-electron chi connectivity index (χ3n) is 3.08. The van der Waals surface area contributed by atoms with Crippen molar-refractivity contribution in [3.8, 4) is 12.3 Å². The molecule has 0 unspecified atom stereocenters. The summed E-state index contributed by atoms with van der Waals surface area (Å²) in [6.07, 6.45) is 5.70. The van der Waals surface area contributed by atoms with Gasteiger partial charge in [-0.05, 0) is 30.9 Å². The van der Waals surface area contributed by atoms with Crippen molar-refractivity contribution >= 4 is 11.8 Å². The molecule has 0 spiro atoms. The summed E-state index contributed by atoms with van der Waals surface area (Å²) in [5.41, 5.74) is 1.46. The van der Waals surface area contributed by atoms with Crippen LogP contribution in [0.3, 0.4) is 0 Å². The number of hydrogen-bond acceptors (Lipinski definition) is 2. The number of amides is 2. The van der Waals surface area contributed by atoms with Crippen LogP contribution < -0.4 is 10.6 Å². The Morgan fingerprint density at radius 2 is 1.95 bits per heavy atom. The molecule has 0 saturated carbocycles. The first-order chi connectivity index (χ1) is 9.95. The highest BCUT2D eigenvalue weighted by atomic mass is 16.2. The van der Waals surface area contributed by atoms with Gasteiger partial charge in [0.15, 0.2) is 0 Å². The maximum atomic E-state index is 12.3. The normalized spacial score (nSPS) is 11.6. The molecule has 0 heterocycles. The molecule has 0 saturated heterocycles. The third kappa shape index (κ3) is 5.31. The van der Waals surface area contributed by atoms with E-state index in [2.05, 4.69) is 16.6 Å². The second-order valence-electron chi connectivity index (χ2n) is 5.39. The minimum absolute atomic E-state index is 0.160. The second-order valence-corrected chi connectivity index (χ2v) is 5.39. The Morgan fingerprint density at radius 1 is 1.29 bits per heavy atom. The molecule has 2 amide bonds. The van der Waals surface area contributed by atoms with Gasteiger partial charge in [0, 0.05) is 5.56 Å². The minimum atomic E-state index is -0.578. The fourth-order valence-electron chi connectivity index (χ4n) is 2.03. The topological polar surface area (TPSA) is 58.2 Å². The SMILES string of the molecule is C#CCNC(=O)[C@H](CC(C)C)NC(=O)c1ccccc1C. The molecule has 0 aliphatic carbocycles. The average Bonchev–Trinajstić information content (AvgIpc) is 2.43. The Labute approximate surface area is 126 Å². The van der Waals surface area contributed by atoms with E-state index < -0.39 is 6.04 Å². The maximum Gasteiger partial charge on any atom is 0.252 e. The molecule has 0 radical (unpaired) electrons. The van der Waals surface area contributed by atoms with Crippen LogP contribution >= 0.6 is 0 Å². The smallest absolute Gasteiger partial charge is 0.252 e. The van der Waals surface area contributed by atoms with Crippen LogP contribution in [-0.2, 0) is 4.79 Å². The Morgan fingerprint density at radius 3 is 2.52 bits per heavy atom. The summed E-state index contributed by atoms with van der Waals surface area (Å²) in [6, 6.07) is 6.71. The number of hydrogen-bond donors (Lipinski definition) is 2. The van der Waals surface area contributed by atoms with Crippen molar-refractivity contribution in [2.75, 3.05) is 6.54 Å². The summed E-state index contributed by atoms with van der Waals surface area (Å²) in [7, 11) is 0. The van der Waals surface area contributed by atoms with Gasteiger partial charge in [-0.15, -0.1) is 6.42 Å². The van der Waals surface area contributed by atoms with Crippen molar-refractivity contribution in [3.05, 3.63) is 35.4 Å². The van der Waals surface area contributed by atoms with Crippen LogP contribution in [0.5, 0.6) is 0 Å². The van der Waals surface area contributed by atoms with Crippen molar-refractivity contribution in [1.29, 1.82) is 0 Å². The van der Waals surface area contributed by atoms with Gasteiger partial charge >= 0.3 is 0 Å². The monoisotopic (exact) mass is 286 g/mol. The van der Waals surface area contributed by atoms with Gasteiger partial charge in [-0.1, -0.05) is 38.0 Å². The fraction of sp³-hybridized carbons (Fsp3) is 0.412. The van der Waals surface area contributed by atoms with Crippen LogP contribution in [0.4, 0.5) is 0 Å². The van der Waals surface area contributed by atoms with E-state index in [0.717, 1.165) is 5.56 Å². The van der Waals surface area contributed by atoms with E-state index in [1.165, 1.54) is 0 Å². The van der Waals surface area contributed by atoms with Crippen LogP contribution in [0.2, 0.25) is 0 Å². The van der Waals surface area contributed by atoms with Crippen LogP contribution in [0, 0.1) is 25.2 Å². The quantitative estimate of drug-likeness (QED) is 0.785. The van der Waals surface area contributed by atoms with Crippen molar-refractivity contribution in [2.24, 2.45) is 5.92 Å². The first-order valence-electron chi connectivity index (χ1n) is 7.03. The summed E-state index contributed by atoms with van der Waals surface area (Å²) >= 11 is 0. The molecule has 0 bridgehead atoms. The standard InChI is InChI=1S/C17H22N2O2/c1-5-10-18-17(21)15(11-12(2)3)19-16(20)14-9-7-6-8-13(14)4/h1,6-9,12,15H,10-11H2,2-4H3,(H,18,21)(H,19,20)/t15-/m0/s1. The first-order valence-corrected chi connectivity index (χ1v) is 7.03. The van der Waals surface area contributed by atoms with Gasteiger partial charge < -0.3 is 10.6 Å². The molecule has 0 aromatic heterocycles. The highest BCUT2D eigenvalue weighted by molar-refractivity contribution is 5.98. The molecule has 112 valence electrons. The van der Waals surface area contributed by atoms with E-state index in [9.17, 15) is 9.59 Å². The zero-order valence-electron chi connectivity index (χ0n) is 12.8. The fourth-order valence-corrected chi connectivity index (χ4v) is 2.03. The lowest BCUT2D eigenvalue weighted by Crippen LogP contribution is -2.47. The summed E-state index contributed by atoms with van der Waals surface area (Å²) in [5.74, 6) is 2.15. The number of aryl methyl sites for hydroxylation is 1. The van der Waals surface area contributed by atoms with Crippen molar-refractivity contribution in [1.82, 2.24) is 10.6 Å². The minimum Gasteiger partial charge on any atom is -0.343 e. The lowest BCUT2D eigenvalue weighted by atomic mass is 10.0. The van der Waals surface area contributed by atoms with Gasteiger partial charge in [0.25, 0.3) is 5.91 Å².